The predicted octanol–water partition coefficient (Wildman–Crippen LogP) is -0.104. The molecule has 0 aliphatic carbocycles. The summed E-state index contributed by atoms with van der Waals surface area (Å²) < 4.78 is 1.75. The maximum Gasteiger partial charge on any atom is 0.237 e. The lowest BCUT2D eigenvalue weighted by Crippen LogP contribution is -2.41. The van der Waals surface area contributed by atoms with Gasteiger partial charge in [0.2, 0.25) is 5.91 Å². The summed E-state index contributed by atoms with van der Waals surface area (Å²) in [6, 6.07) is -0.774. The van der Waals surface area contributed by atoms with E-state index in [1.54, 1.807) is 17.0 Å². The van der Waals surface area contributed by atoms with Crippen molar-refractivity contribution in [1.29, 1.82) is 0 Å². The smallest absolute Gasteiger partial charge is 0.237 e. The van der Waals surface area contributed by atoms with Crippen molar-refractivity contribution in [3.63, 3.8) is 0 Å². The highest BCUT2D eigenvalue weighted by Gasteiger charge is 2.17. The Kier molecular flexibility index (Phi) is 4.19. The molecule has 0 radical (unpaired) electrons. The van der Waals surface area contributed by atoms with Gasteiger partial charge in [-0.05, 0) is 13.3 Å². The third kappa shape index (κ3) is 2.90. The van der Waals surface area contributed by atoms with E-state index < -0.39 is 6.04 Å². The molecule has 0 bridgehead atoms. The number of rotatable bonds is 5. The van der Waals surface area contributed by atoms with Gasteiger partial charge in [-0.1, -0.05) is 6.08 Å². The van der Waals surface area contributed by atoms with Crippen molar-refractivity contribution < 1.29 is 4.79 Å². The molecule has 2 atom stereocenters. The molecule has 0 saturated heterocycles. The van der Waals surface area contributed by atoms with E-state index >= 15 is 0 Å². The molecule has 1 aromatic rings. The molecule has 1 rings (SSSR count). The molecule has 0 saturated carbocycles. The molecule has 0 aliphatic rings. The fraction of sp³-hybridized carbons (Fsp3) is 0.500. The van der Waals surface area contributed by atoms with Gasteiger partial charge in [0.1, 0.15) is 6.33 Å². The SMILES string of the molecule is C=CCC(N)C(=O)NC(C)c1nncn1C. The average molecular weight is 223 g/mol. The number of nitrogens with one attached hydrogen (secondary N) is 1. The number of aryl methyl sites for hydroxylation is 1. The zero-order valence-electron chi connectivity index (χ0n) is 9.55. The average Bonchev–Trinajstić information content (AvgIpc) is 2.64. The van der Waals surface area contributed by atoms with Crippen LogP contribution in [0.4, 0.5) is 0 Å². The minimum absolute atomic E-state index is 0.212. The second-order valence-electron chi connectivity index (χ2n) is 3.66. The Morgan fingerprint density at radius 2 is 2.50 bits per heavy atom. The van der Waals surface area contributed by atoms with Gasteiger partial charge in [-0.15, -0.1) is 16.8 Å². The summed E-state index contributed by atoms with van der Waals surface area (Å²) in [4.78, 5) is 11.6. The Hall–Kier alpha value is -1.69. The second-order valence-corrected chi connectivity index (χ2v) is 3.66. The van der Waals surface area contributed by atoms with Crippen LogP contribution in [0.25, 0.3) is 0 Å². The Morgan fingerprint density at radius 1 is 1.81 bits per heavy atom. The first-order chi connectivity index (χ1) is 7.56. The molecule has 6 nitrogen and oxygen atoms in total. The van der Waals surface area contributed by atoms with E-state index in [0.717, 1.165) is 0 Å². The first-order valence-electron chi connectivity index (χ1n) is 5.07. The highest BCUT2D eigenvalue weighted by Crippen LogP contribution is 2.07. The third-order valence-corrected chi connectivity index (χ3v) is 2.25. The van der Waals surface area contributed by atoms with Crippen molar-refractivity contribution in [2.75, 3.05) is 0 Å². The van der Waals surface area contributed by atoms with Crippen LogP contribution in [0.3, 0.4) is 0 Å². The van der Waals surface area contributed by atoms with Crippen molar-refractivity contribution in [3.05, 3.63) is 24.8 Å². The molecular weight excluding hydrogens is 206 g/mol. The predicted molar refractivity (Wildman–Crippen MR) is 60.4 cm³/mol. The quantitative estimate of drug-likeness (QED) is 0.682. The van der Waals surface area contributed by atoms with Crippen molar-refractivity contribution in [1.82, 2.24) is 20.1 Å². The first-order valence-corrected chi connectivity index (χ1v) is 5.07. The number of nitrogens with zero attached hydrogens (tertiary/aromatic N) is 3. The molecule has 1 aromatic heterocycles. The normalized spacial score (nSPS) is 14.2. The van der Waals surface area contributed by atoms with E-state index in [1.165, 1.54) is 0 Å². The maximum absolute atomic E-state index is 11.6. The van der Waals surface area contributed by atoms with Crippen LogP contribution < -0.4 is 11.1 Å². The molecule has 0 aliphatic heterocycles. The van der Waals surface area contributed by atoms with E-state index in [4.69, 9.17) is 5.73 Å². The first kappa shape index (κ1) is 12.4. The molecule has 3 N–H and O–H groups in total. The molecule has 88 valence electrons. The van der Waals surface area contributed by atoms with Crippen LogP contribution in [0.1, 0.15) is 25.2 Å². The van der Waals surface area contributed by atoms with Gasteiger partial charge in [0.15, 0.2) is 5.82 Å². The maximum atomic E-state index is 11.6. The van der Waals surface area contributed by atoms with E-state index in [2.05, 4.69) is 22.1 Å². The fourth-order valence-electron chi connectivity index (χ4n) is 1.36. The minimum Gasteiger partial charge on any atom is -0.345 e. The standard InChI is InChI=1S/C10H17N5O/c1-4-5-8(11)10(16)13-7(2)9-14-12-6-15(9)3/h4,6-8H,1,5,11H2,2-3H3,(H,13,16). The molecule has 1 amide bonds. The third-order valence-electron chi connectivity index (χ3n) is 2.25. The van der Waals surface area contributed by atoms with Crippen LogP contribution in [0.5, 0.6) is 0 Å². The van der Waals surface area contributed by atoms with Crippen LogP contribution >= 0.6 is 0 Å². The summed E-state index contributed by atoms with van der Waals surface area (Å²) in [6.45, 7) is 5.38. The van der Waals surface area contributed by atoms with Crippen LogP contribution in [0, 0.1) is 0 Å². The lowest BCUT2D eigenvalue weighted by Gasteiger charge is -2.15. The molecule has 1 heterocycles. The van der Waals surface area contributed by atoms with Gasteiger partial charge < -0.3 is 15.6 Å². The molecule has 16 heavy (non-hydrogen) atoms. The van der Waals surface area contributed by atoms with Gasteiger partial charge in [0.05, 0.1) is 12.1 Å². The molecular formula is C10H17N5O. The van der Waals surface area contributed by atoms with Crippen LogP contribution in [0.2, 0.25) is 0 Å². The number of hydrogen-bond acceptors (Lipinski definition) is 4. The summed E-state index contributed by atoms with van der Waals surface area (Å²) in [5.74, 6) is 0.481. The summed E-state index contributed by atoms with van der Waals surface area (Å²) in [6.07, 6.45) is 3.66. The number of carbonyl (C=O) groups is 1. The van der Waals surface area contributed by atoms with E-state index in [9.17, 15) is 4.79 Å². The highest BCUT2D eigenvalue weighted by atomic mass is 16.2. The topological polar surface area (TPSA) is 85.8 Å². The molecule has 0 spiro atoms. The second kappa shape index (κ2) is 5.41. The van der Waals surface area contributed by atoms with Gasteiger partial charge >= 0.3 is 0 Å². The van der Waals surface area contributed by atoms with Gasteiger partial charge in [-0.25, -0.2) is 0 Å². The number of amides is 1. The molecule has 0 fully saturated rings. The van der Waals surface area contributed by atoms with E-state index in [0.29, 0.717) is 12.2 Å². The van der Waals surface area contributed by atoms with Crippen molar-refractivity contribution in [2.24, 2.45) is 12.8 Å². The van der Waals surface area contributed by atoms with Crippen molar-refractivity contribution in [3.8, 4) is 0 Å². The molecule has 2 unspecified atom stereocenters. The van der Waals surface area contributed by atoms with Crippen LogP contribution in [-0.2, 0) is 11.8 Å². The lowest BCUT2D eigenvalue weighted by atomic mass is 10.2. The Bertz CT molecular complexity index is 373. The Balaban J connectivity index is 2.58. The summed E-state index contributed by atoms with van der Waals surface area (Å²) in [5, 5.41) is 10.4. The van der Waals surface area contributed by atoms with Crippen molar-refractivity contribution >= 4 is 5.91 Å². The largest absolute Gasteiger partial charge is 0.345 e. The van der Waals surface area contributed by atoms with E-state index in [1.807, 2.05) is 14.0 Å². The summed E-state index contributed by atoms with van der Waals surface area (Å²) in [7, 11) is 1.82. The van der Waals surface area contributed by atoms with Gasteiger partial charge in [0, 0.05) is 7.05 Å². The summed E-state index contributed by atoms with van der Waals surface area (Å²) >= 11 is 0. The fourth-order valence-corrected chi connectivity index (χ4v) is 1.36. The Morgan fingerprint density at radius 3 is 3.00 bits per heavy atom. The minimum atomic E-state index is -0.562. The van der Waals surface area contributed by atoms with Gasteiger partial charge in [-0.3, -0.25) is 4.79 Å². The van der Waals surface area contributed by atoms with Crippen LogP contribution in [-0.4, -0.2) is 26.7 Å². The van der Waals surface area contributed by atoms with Gasteiger partial charge in [0.25, 0.3) is 0 Å². The van der Waals surface area contributed by atoms with E-state index in [-0.39, 0.29) is 11.9 Å². The zero-order valence-corrected chi connectivity index (χ0v) is 9.55. The van der Waals surface area contributed by atoms with Crippen LogP contribution in [0.15, 0.2) is 19.0 Å². The lowest BCUT2D eigenvalue weighted by molar-refractivity contribution is -0.123. The molecule has 0 aromatic carbocycles. The monoisotopic (exact) mass is 223 g/mol. The van der Waals surface area contributed by atoms with Crippen molar-refractivity contribution in [2.45, 2.75) is 25.4 Å². The molecule has 6 heteroatoms. The number of carbonyl (C=O) groups excluding carboxylic acids is 1. The number of hydrogen-bond donors (Lipinski definition) is 2. The summed E-state index contributed by atoms with van der Waals surface area (Å²) in [5.41, 5.74) is 5.64. The van der Waals surface area contributed by atoms with Gasteiger partial charge in [-0.2, -0.15) is 0 Å². The highest BCUT2D eigenvalue weighted by molar-refractivity contribution is 5.81. The zero-order chi connectivity index (χ0) is 12.1. The Labute approximate surface area is 94.5 Å². The number of nitrogens with two attached hydrogens (primary N) is 1. The number of aromatic nitrogens is 3.